The minimum atomic E-state index is -0.430. The summed E-state index contributed by atoms with van der Waals surface area (Å²) in [7, 11) is 0. The van der Waals surface area contributed by atoms with Crippen LogP contribution in [0.5, 0.6) is 0 Å². The first kappa shape index (κ1) is 8.48. The van der Waals surface area contributed by atoms with Crippen LogP contribution in [0.2, 0.25) is 0 Å². The van der Waals surface area contributed by atoms with Crippen molar-refractivity contribution in [2.75, 3.05) is 6.61 Å². The molecule has 0 rings (SSSR count). The SMILES string of the molecule is C#CC(C)OCC(C)O. The summed E-state index contributed by atoms with van der Waals surface area (Å²) in [6, 6.07) is 0. The van der Waals surface area contributed by atoms with Gasteiger partial charge in [0.25, 0.3) is 0 Å². The topological polar surface area (TPSA) is 29.5 Å². The Labute approximate surface area is 55.8 Å². The van der Waals surface area contributed by atoms with Gasteiger partial charge in [-0.25, -0.2) is 0 Å². The van der Waals surface area contributed by atoms with Gasteiger partial charge in [-0.2, -0.15) is 0 Å². The lowest BCUT2D eigenvalue weighted by Crippen LogP contribution is -2.15. The molecule has 0 aromatic carbocycles. The summed E-state index contributed by atoms with van der Waals surface area (Å²) in [5.74, 6) is 2.39. The van der Waals surface area contributed by atoms with Crippen LogP contribution in [0.15, 0.2) is 0 Å². The van der Waals surface area contributed by atoms with E-state index in [2.05, 4.69) is 5.92 Å². The molecule has 0 saturated carbocycles. The van der Waals surface area contributed by atoms with Crippen molar-refractivity contribution in [1.29, 1.82) is 0 Å². The van der Waals surface area contributed by atoms with Gasteiger partial charge in [0.2, 0.25) is 0 Å². The molecule has 2 nitrogen and oxygen atoms in total. The second-order valence-corrected chi connectivity index (χ2v) is 1.99. The summed E-state index contributed by atoms with van der Waals surface area (Å²) < 4.78 is 4.97. The molecule has 0 aromatic heterocycles. The molecule has 2 heteroatoms. The lowest BCUT2D eigenvalue weighted by atomic mass is 10.4. The first-order chi connectivity index (χ1) is 4.16. The Morgan fingerprint density at radius 3 is 2.56 bits per heavy atom. The summed E-state index contributed by atoms with van der Waals surface area (Å²) >= 11 is 0. The highest BCUT2D eigenvalue weighted by molar-refractivity contribution is 4.91. The molecule has 0 aliphatic carbocycles. The van der Waals surface area contributed by atoms with Gasteiger partial charge >= 0.3 is 0 Å². The Morgan fingerprint density at radius 1 is 1.67 bits per heavy atom. The van der Waals surface area contributed by atoms with E-state index in [4.69, 9.17) is 16.3 Å². The van der Waals surface area contributed by atoms with Crippen molar-refractivity contribution < 1.29 is 9.84 Å². The van der Waals surface area contributed by atoms with Gasteiger partial charge in [0.1, 0.15) is 6.10 Å². The Balaban J connectivity index is 3.19. The molecule has 0 bridgehead atoms. The van der Waals surface area contributed by atoms with Gasteiger partial charge in [-0.3, -0.25) is 0 Å². The third-order valence-electron chi connectivity index (χ3n) is 0.822. The highest BCUT2D eigenvalue weighted by atomic mass is 16.5. The van der Waals surface area contributed by atoms with Gasteiger partial charge in [-0.15, -0.1) is 6.42 Å². The van der Waals surface area contributed by atoms with Crippen LogP contribution < -0.4 is 0 Å². The van der Waals surface area contributed by atoms with Crippen LogP contribution in [0.4, 0.5) is 0 Å². The molecule has 52 valence electrons. The van der Waals surface area contributed by atoms with E-state index in [1.807, 2.05) is 0 Å². The molecule has 2 atom stereocenters. The van der Waals surface area contributed by atoms with Crippen LogP contribution in [0.1, 0.15) is 13.8 Å². The Bertz CT molecular complexity index is 102. The molecule has 1 N–H and O–H groups in total. The van der Waals surface area contributed by atoms with Crippen molar-refractivity contribution in [2.24, 2.45) is 0 Å². The maximum absolute atomic E-state index is 8.70. The number of hydrogen-bond acceptors (Lipinski definition) is 2. The van der Waals surface area contributed by atoms with E-state index >= 15 is 0 Å². The lowest BCUT2D eigenvalue weighted by molar-refractivity contribution is 0.0282. The van der Waals surface area contributed by atoms with Crippen molar-refractivity contribution in [3.05, 3.63) is 0 Å². The lowest BCUT2D eigenvalue weighted by Gasteiger charge is -2.07. The predicted octanol–water partition coefficient (Wildman–Crippen LogP) is 0.406. The van der Waals surface area contributed by atoms with E-state index in [0.29, 0.717) is 6.61 Å². The van der Waals surface area contributed by atoms with Gasteiger partial charge in [0.05, 0.1) is 12.7 Å². The summed E-state index contributed by atoms with van der Waals surface area (Å²) in [5.41, 5.74) is 0. The summed E-state index contributed by atoms with van der Waals surface area (Å²) in [5, 5.41) is 8.70. The first-order valence-electron chi connectivity index (χ1n) is 2.92. The number of ether oxygens (including phenoxy) is 1. The second kappa shape index (κ2) is 4.37. The Kier molecular flexibility index (Phi) is 4.12. The number of aliphatic hydroxyl groups is 1. The van der Waals surface area contributed by atoms with Crippen LogP contribution in [0, 0.1) is 12.3 Å². The molecule has 0 fully saturated rings. The zero-order valence-corrected chi connectivity index (χ0v) is 5.79. The minimum absolute atomic E-state index is 0.195. The Morgan fingerprint density at radius 2 is 2.22 bits per heavy atom. The maximum atomic E-state index is 8.70. The molecule has 9 heavy (non-hydrogen) atoms. The number of rotatable bonds is 3. The third kappa shape index (κ3) is 5.35. The standard InChI is InChI=1S/C7H12O2/c1-4-7(3)9-5-6(2)8/h1,6-8H,5H2,2-3H3. The molecule has 0 aliphatic rings. The van der Waals surface area contributed by atoms with Gasteiger partial charge in [0, 0.05) is 0 Å². The fourth-order valence-electron chi connectivity index (χ4n) is 0.332. The normalized spacial score (nSPS) is 16.2. The van der Waals surface area contributed by atoms with Crippen LogP contribution in [0.25, 0.3) is 0 Å². The average molecular weight is 128 g/mol. The van der Waals surface area contributed by atoms with E-state index in [-0.39, 0.29) is 6.10 Å². The van der Waals surface area contributed by atoms with E-state index in [0.717, 1.165) is 0 Å². The van der Waals surface area contributed by atoms with Crippen LogP contribution >= 0.6 is 0 Å². The zero-order chi connectivity index (χ0) is 7.28. The van der Waals surface area contributed by atoms with E-state index in [1.54, 1.807) is 13.8 Å². The Hall–Kier alpha value is -0.520. The third-order valence-corrected chi connectivity index (χ3v) is 0.822. The highest BCUT2D eigenvalue weighted by Crippen LogP contribution is 1.89. The van der Waals surface area contributed by atoms with E-state index in [1.165, 1.54) is 0 Å². The average Bonchev–Trinajstić information content (AvgIpc) is 1.83. The van der Waals surface area contributed by atoms with Gasteiger partial charge in [0.15, 0.2) is 0 Å². The van der Waals surface area contributed by atoms with Crippen molar-refractivity contribution in [3.8, 4) is 12.3 Å². The van der Waals surface area contributed by atoms with Gasteiger partial charge < -0.3 is 9.84 Å². The quantitative estimate of drug-likeness (QED) is 0.558. The summed E-state index contributed by atoms with van der Waals surface area (Å²) in [6.45, 7) is 3.73. The number of terminal acetylenes is 1. The zero-order valence-electron chi connectivity index (χ0n) is 5.79. The molecule has 0 heterocycles. The molecule has 0 aromatic rings. The number of aliphatic hydroxyl groups excluding tert-OH is 1. The molecule has 2 unspecified atom stereocenters. The van der Waals surface area contributed by atoms with E-state index in [9.17, 15) is 0 Å². The predicted molar refractivity (Wildman–Crippen MR) is 35.9 cm³/mol. The largest absolute Gasteiger partial charge is 0.391 e. The molecule has 0 radical (unpaired) electrons. The molecule has 0 saturated heterocycles. The van der Waals surface area contributed by atoms with Crippen LogP contribution in [0.3, 0.4) is 0 Å². The van der Waals surface area contributed by atoms with Crippen molar-refractivity contribution in [2.45, 2.75) is 26.1 Å². The summed E-state index contributed by atoms with van der Waals surface area (Å²) in [6.07, 6.45) is 4.38. The van der Waals surface area contributed by atoms with Gasteiger partial charge in [-0.1, -0.05) is 5.92 Å². The van der Waals surface area contributed by atoms with Crippen molar-refractivity contribution >= 4 is 0 Å². The smallest absolute Gasteiger partial charge is 0.115 e. The van der Waals surface area contributed by atoms with Crippen LogP contribution in [-0.4, -0.2) is 23.9 Å². The highest BCUT2D eigenvalue weighted by Gasteiger charge is 1.98. The minimum Gasteiger partial charge on any atom is -0.391 e. The second-order valence-electron chi connectivity index (χ2n) is 1.99. The first-order valence-corrected chi connectivity index (χ1v) is 2.92. The molecule has 0 amide bonds. The number of hydrogen-bond donors (Lipinski definition) is 1. The maximum Gasteiger partial charge on any atom is 0.115 e. The fourth-order valence-corrected chi connectivity index (χ4v) is 0.332. The fraction of sp³-hybridized carbons (Fsp3) is 0.714. The monoisotopic (exact) mass is 128 g/mol. The van der Waals surface area contributed by atoms with E-state index < -0.39 is 6.10 Å². The molecule has 0 aliphatic heterocycles. The molecular weight excluding hydrogens is 116 g/mol. The molecule has 0 spiro atoms. The van der Waals surface area contributed by atoms with Crippen molar-refractivity contribution in [3.63, 3.8) is 0 Å². The van der Waals surface area contributed by atoms with Gasteiger partial charge in [-0.05, 0) is 13.8 Å². The van der Waals surface area contributed by atoms with Crippen LogP contribution in [-0.2, 0) is 4.74 Å². The summed E-state index contributed by atoms with van der Waals surface area (Å²) in [4.78, 5) is 0. The molecular formula is C7H12O2. The van der Waals surface area contributed by atoms with Crippen molar-refractivity contribution in [1.82, 2.24) is 0 Å².